The number of nitrogens with zero attached hydrogens (tertiary/aromatic N) is 3. The lowest BCUT2D eigenvalue weighted by Crippen LogP contribution is -2.48. The minimum absolute atomic E-state index is 0.230. The van der Waals surface area contributed by atoms with E-state index in [4.69, 9.17) is 16.3 Å². The topological polar surface area (TPSA) is 50.3 Å². The van der Waals surface area contributed by atoms with Gasteiger partial charge in [0.2, 0.25) is 5.28 Å². The molecule has 1 aromatic rings. The summed E-state index contributed by atoms with van der Waals surface area (Å²) in [6.07, 6.45) is 4.46. The van der Waals surface area contributed by atoms with Crippen LogP contribution in [0.25, 0.3) is 0 Å². The molecule has 0 amide bonds. The first kappa shape index (κ1) is 12.1. The highest BCUT2D eigenvalue weighted by Crippen LogP contribution is 2.22. The molecule has 1 aromatic heterocycles. The van der Waals surface area contributed by atoms with E-state index in [0.717, 1.165) is 25.5 Å². The Morgan fingerprint density at radius 2 is 2.50 bits per heavy atom. The maximum absolute atomic E-state index is 5.86. The Hall–Kier alpha value is -0.910. The van der Waals surface area contributed by atoms with Crippen molar-refractivity contribution >= 4 is 17.4 Å². The average Bonchev–Trinajstić information content (AvgIpc) is 2.84. The normalized spacial score (nSPS) is 28.1. The van der Waals surface area contributed by atoms with E-state index >= 15 is 0 Å². The molecule has 0 saturated carbocycles. The number of morpholine rings is 1. The second kappa shape index (κ2) is 5.38. The highest BCUT2D eigenvalue weighted by molar-refractivity contribution is 6.28. The van der Waals surface area contributed by atoms with Crippen LogP contribution >= 0.6 is 11.6 Å². The lowest BCUT2D eigenvalue weighted by Gasteiger charge is -2.35. The molecule has 0 spiro atoms. The van der Waals surface area contributed by atoms with Gasteiger partial charge in [0.05, 0.1) is 12.7 Å². The maximum atomic E-state index is 5.86. The fourth-order valence-electron chi connectivity index (χ4n) is 2.66. The molecule has 18 heavy (non-hydrogen) atoms. The summed E-state index contributed by atoms with van der Waals surface area (Å²) in [5.41, 5.74) is 0. The molecule has 2 saturated heterocycles. The Labute approximate surface area is 112 Å². The van der Waals surface area contributed by atoms with Gasteiger partial charge in [0.15, 0.2) is 0 Å². The summed E-state index contributed by atoms with van der Waals surface area (Å²) in [5.74, 6) is 0.752. The van der Waals surface area contributed by atoms with Gasteiger partial charge in [-0.05, 0) is 37.1 Å². The van der Waals surface area contributed by atoms with E-state index in [0.29, 0.717) is 6.04 Å². The van der Waals surface area contributed by atoms with E-state index < -0.39 is 0 Å². The number of nitrogens with one attached hydrogen (secondary N) is 1. The van der Waals surface area contributed by atoms with E-state index in [-0.39, 0.29) is 11.4 Å². The van der Waals surface area contributed by atoms with Crippen LogP contribution < -0.4 is 5.32 Å². The third-order valence-corrected chi connectivity index (χ3v) is 3.78. The number of aromatic nitrogens is 2. The maximum Gasteiger partial charge on any atom is 0.224 e. The van der Waals surface area contributed by atoms with Crippen molar-refractivity contribution in [2.75, 3.05) is 31.6 Å². The van der Waals surface area contributed by atoms with Crippen LogP contribution in [0.5, 0.6) is 0 Å². The second-order valence-corrected chi connectivity index (χ2v) is 5.18. The van der Waals surface area contributed by atoms with E-state index in [1.54, 1.807) is 6.20 Å². The second-order valence-electron chi connectivity index (χ2n) is 4.84. The summed E-state index contributed by atoms with van der Waals surface area (Å²) in [5, 5.41) is 3.52. The molecule has 1 N–H and O–H groups in total. The molecule has 3 heterocycles. The van der Waals surface area contributed by atoms with Crippen LogP contribution in [0.15, 0.2) is 12.3 Å². The number of ether oxygens (including phenoxy) is 1. The van der Waals surface area contributed by atoms with Gasteiger partial charge in [-0.1, -0.05) is 0 Å². The van der Waals surface area contributed by atoms with Crippen LogP contribution in [0.4, 0.5) is 5.82 Å². The molecule has 2 unspecified atom stereocenters. The first-order valence-electron chi connectivity index (χ1n) is 6.39. The molecular formula is C12H17ClN4O. The van der Waals surface area contributed by atoms with Crippen molar-refractivity contribution in [1.29, 1.82) is 0 Å². The van der Waals surface area contributed by atoms with Gasteiger partial charge in [-0.3, -0.25) is 4.90 Å². The first-order chi connectivity index (χ1) is 8.81. The van der Waals surface area contributed by atoms with Gasteiger partial charge in [0, 0.05) is 25.3 Å². The SMILES string of the molecule is Clc1nccc(NCC2CN3CCCC3CO2)n1. The van der Waals surface area contributed by atoms with Gasteiger partial charge >= 0.3 is 0 Å². The van der Waals surface area contributed by atoms with Crippen molar-refractivity contribution in [3.05, 3.63) is 17.5 Å². The Balaban J connectivity index is 1.51. The third-order valence-electron chi connectivity index (χ3n) is 3.60. The smallest absolute Gasteiger partial charge is 0.224 e. The van der Waals surface area contributed by atoms with Crippen molar-refractivity contribution in [2.45, 2.75) is 25.0 Å². The Morgan fingerprint density at radius 1 is 1.56 bits per heavy atom. The summed E-state index contributed by atoms with van der Waals surface area (Å²) in [6.45, 7) is 3.84. The minimum Gasteiger partial charge on any atom is -0.373 e. The van der Waals surface area contributed by atoms with Crippen molar-refractivity contribution in [3.63, 3.8) is 0 Å². The van der Waals surface area contributed by atoms with Crippen LogP contribution in [0.3, 0.4) is 0 Å². The van der Waals surface area contributed by atoms with E-state index in [1.807, 2.05) is 6.07 Å². The van der Waals surface area contributed by atoms with Crippen molar-refractivity contribution in [1.82, 2.24) is 14.9 Å². The van der Waals surface area contributed by atoms with Gasteiger partial charge < -0.3 is 10.1 Å². The Bertz CT molecular complexity index is 417. The zero-order chi connectivity index (χ0) is 12.4. The van der Waals surface area contributed by atoms with Crippen LogP contribution in [0, 0.1) is 0 Å². The van der Waals surface area contributed by atoms with Gasteiger partial charge in [0.1, 0.15) is 5.82 Å². The predicted molar refractivity (Wildman–Crippen MR) is 69.9 cm³/mol. The summed E-state index contributed by atoms with van der Waals surface area (Å²) >= 11 is 5.74. The van der Waals surface area contributed by atoms with Crippen LogP contribution in [-0.2, 0) is 4.74 Å². The zero-order valence-electron chi connectivity index (χ0n) is 10.2. The predicted octanol–water partition coefficient (Wildman–Crippen LogP) is 1.41. The number of halogens is 1. The number of hydrogen-bond acceptors (Lipinski definition) is 5. The summed E-state index contributed by atoms with van der Waals surface area (Å²) in [4.78, 5) is 10.5. The molecule has 5 nitrogen and oxygen atoms in total. The molecule has 2 aliphatic heterocycles. The molecule has 2 fully saturated rings. The fraction of sp³-hybridized carbons (Fsp3) is 0.667. The Morgan fingerprint density at radius 3 is 3.39 bits per heavy atom. The van der Waals surface area contributed by atoms with Crippen molar-refractivity contribution in [3.8, 4) is 0 Å². The summed E-state index contributed by atoms with van der Waals surface area (Å²) in [7, 11) is 0. The molecule has 0 radical (unpaired) electrons. The zero-order valence-corrected chi connectivity index (χ0v) is 10.9. The molecule has 0 aromatic carbocycles. The number of rotatable bonds is 3. The number of anilines is 1. The minimum atomic E-state index is 0.230. The first-order valence-corrected chi connectivity index (χ1v) is 6.77. The van der Waals surface area contributed by atoms with Crippen LogP contribution in [0.1, 0.15) is 12.8 Å². The highest BCUT2D eigenvalue weighted by atomic mass is 35.5. The average molecular weight is 269 g/mol. The van der Waals surface area contributed by atoms with E-state index in [9.17, 15) is 0 Å². The molecule has 6 heteroatoms. The number of fused-ring (bicyclic) bond motifs is 1. The van der Waals surface area contributed by atoms with E-state index in [1.165, 1.54) is 19.4 Å². The van der Waals surface area contributed by atoms with Gasteiger partial charge in [0.25, 0.3) is 0 Å². The van der Waals surface area contributed by atoms with E-state index in [2.05, 4.69) is 20.2 Å². The summed E-state index contributed by atoms with van der Waals surface area (Å²) in [6, 6.07) is 2.46. The quantitative estimate of drug-likeness (QED) is 0.840. The van der Waals surface area contributed by atoms with Crippen molar-refractivity contribution < 1.29 is 4.74 Å². The molecular weight excluding hydrogens is 252 g/mol. The van der Waals surface area contributed by atoms with Crippen LogP contribution in [-0.4, -0.2) is 53.3 Å². The monoisotopic (exact) mass is 268 g/mol. The molecule has 2 atom stereocenters. The molecule has 0 aliphatic carbocycles. The Kier molecular flexibility index (Phi) is 3.63. The number of hydrogen-bond donors (Lipinski definition) is 1. The molecule has 0 bridgehead atoms. The molecule has 3 rings (SSSR count). The third kappa shape index (κ3) is 2.74. The van der Waals surface area contributed by atoms with Gasteiger partial charge in [-0.2, -0.15) is 0 Å². The summed E-state index contributed by atoms with van der Waals surface area (Å²) < 4.78 is 5.86. The van der Waals surface area contributed by atoms with Gasteiger partial charge in [-0.15, -0.1) is 0 Å². The largest absolute Gasteiger partial charge is 0.373 e. The van der Waals surface area contributed by atoms with Crippen molar-refractivity contribution in [2.24, 2.45) is 0 Å². The standard InChI is InChI=1S/C12H17ClN4O/c13-12-14-4-3-11(16-12)15-6-10-7-17-5-1-2-9(17)8-18-10/h3-4,9-10H,1-2,5-8H2,(H,14,15,16). The molecule has 2 aliphatic rings. The lowest BCUT2D eigenvalue weighted by molar-refractivity contribution is -0.0416. The fourth-order valence-corrected chi connectivity index (χ4v) is 2.81. The van der Waals surface area contributed by atoms with Gasteiger partial charge in [-0.25, -0.2) is 9.97 Å². The molecule has 98 valence electrons. The highest BCUT2D eigenvalue weighted by Gasteiger charge is 2.31. The van der Waals surface area contributed by atoms with Crippen LogP contribution in [0.2, 0.25) is 5.28 Å². The lowest BCUT2D eigenvalue weighted by atomic mass is 10.2.